The van der Waals surface area contributed by atoms with Crippen LogP contribution in [0.5, 0.6) is 0 Å². The number of amides is 3. The van der Waals surface area contributed by atoms with Crippen LogP contribution in [0, 0.1) is 5.92 Å². The summed E-state index contributed by atoms with van der Waals surface area (Å²) in [5, 5.41) is 3.03. The molecule has 0 radical (unpaired) electrons. The molecule has 8 nitrogen and oxygen atoms in total. The molecule has 1 N–H and O–H groups in total. The molecule has 158 valence electrons. The van der Waals surface area contributed by atoms with Gasteiger partial charge in [0.25, 0.3) is 0 Å². The zero-order chi connectivity index (χ0) is 20.4. The van der Waals surface area contributed by atoms with Gasteiger partial charge in [0.05, 0.1) is 28.8 Å². The van der Waals surface area contributed by atoms with Crippen molar-refractivity contribution in [2.45, 2.75) is 19.3 Å². The molecule has 9 heteroatoms. The highest BCUT2D eigenvalue weighted by atomic mass is 32.2. The molecule has 0 aromatic heterocycles. The molecule has 1 aromatic carbocycles. The van der Waals surface area contributed by atoms with E-state index in [1.807, 2.05) is 24.3 Å². The molecule has 0 unspecified atom stereocenters. The van der Waals surface area contributed by atoms with E-state index < -0.39 is 15.8 Å². The molecule has 3 heterocycles. The number of para-hydroxylation sites is 2. The van der Waals surface area contributed by atoms with Gasteiger partial charge < -0.3 is 20.0 Å². The Bertz CT molecular complexity index is 874. The van der Waals surface area contributed by atoms with Crippen LogP contribution in [0.2, 0.25) is 0 Å². The number of rotatable bonds is 3. The minimum atomic E-state index is -3.08. The number of carbonyl (C=O) groups is 2. The van der Waals surface area contributed by atoms with Crippen LogP contribution in [0.15, 0.2) is 24.3 Å². The van der Waals surface area contributed by atoms with Crippen LogP contribution in [0.25, 0.3) is 0 Å². The van der Waals surface area contributed by atoms with Crippen molar-refractivity contribution in [2.75, 3.05) is 61.0 Å². The van der Waals surface area contributed by atoms with Gasteiger partial charge in [0, 0.05) is 39.3 Å². The summed E-state index contributed by atoms with van der Waals surface area (Å²) < 4.78 is 23.3. The van der Waals surface area contributed by atoms with Gasteiger partial charge in [0.15, 0.2) is 9.84 Å². The van der Waals surface area contributed by atoms with E-state index in [1.54, 1.807) is 9.80 Å². The van der Waals surface area contributed by atoms with E-state index in [9.17, 15) is 18.0 Å². The smallest absolute Gasteiger partial charge is 0.322 e. The molecule has 3 fully saturated rings. The summed E-state index contributed by atoms with van der Waals surface area (Å²) >= 11 is 0. The topological polar surface area (TPSA) is 90.0 Å². The number of hydrogen-bond acceptors (Lipinski definition) is 5. The monoisotopic (exact) mass is 420 g/mol. The van der Waals surface area contributed by atoms with E-state index in [0.717, 1.165) is 24.5 Å². The fraction of sp³-hybridized carbons (Fsp3) is 0.600. The summed E-state index contributed by atoms with van der Waals surface area (Å²) in [6, 6.07) is 7.70. The Morgan fingerprint density at radius 1 is 0.931 bits per heavy atom. The summed E-state index contributed by atoms with van der Waals surface area (Å²) in [7, 11) is -3.08. The van der Waals surface area contributed by atoms with E-state index in [1.165, 1.54) is 12.8 Å². The second-order valence-electron chi connectivity index (χ2n) is 8.05. The Hall–Kier alpha value is -2.29. The fourth-order valence-electron chi connectivity index (χ4n) is 4.39. The number of nitrogens with zero attached hydrogens (tertiary/aromatic N) is 3. The lowest BCUT2D eigenvalue weighted by molar-refractivity contribution is -0.136. The number of piperazine rings is 1. The van der Waals surface area contributed by atoms with Crippen molar-refractivity contribution in [3.8, 4) is 0 Å². The third-order valence-corrected chi connectivity index (χ3v) is 7.82. The number of sulfone groups is 1. The summed E-state index contributed by atoms with van der Waals surface area (Å²) in [5.41, 5.74) is 1.86. The Labute approximate surface area is 171 Å². The normalized spacial score (nSPS) is 24.0. The number of anilines is 2. The molecule has 3 aliphatic rings. The van der Waals surface area contributed by atoms with Gasteiger partial charge in [-0.25, -0.2) is 13.2 Å². The first-order chi connectivity index (χ1) is 13.9. The molecular formula is C20H28N4O4S. The van der Waals surface area contributed by atoms with Crippen molar-refractivity contribution in [3.05, 3.63) is 24.3 Å². The second kappa shape index (κ2) is 8.22. The summed E-state index contributed by atoms with van der Waals surface area (Å²) in [4.78, 5) is 31.1. The molecule has 0 spiro atoms. The number of carbonyl (C=O) groups excluding carboxylic acids is 2. The Morgan fingerprint density at radius 2 is 1.59 bits per heavy atom. The van der Waals surface area contributed by atoms with Gasteiger partial charge in [-0.05, 0) is 31.4 Å². The predicted molar refractivity (Wildman–Crippen MR) is 112 cm³/mol. The highest BCUT2D eigenvalue weighted by molar-refractivity contribution is 7.91. The zero-order valence-electron chi connectivity index (χ0n) is 16.5. The standard InChI is InChI=1S/C20H28N4O4S/c25-19(16-7-14-29(27,28)15-16)23-10-12-24(13-11-23)20(26)21-17-5-1-2-6-18(17)22-8-3-4-9-22/h1-2,5-6,16H,3-4,7-15H2,(H,21,26)/t16-/m0/s1. The third kappa shape index (κ3) is 4.49. The van der Waals surface area contributed by atoms with Crippen molar-refractivity contribution in [3.63, 3.8) is 0 Å². The number of benzene rings is 1. The first-order valence-corrected chi connectivity index (χ1v) is 12.1. The minimum absolute atomic E-state index is 0.0418. The van der Waals surface area contributed by atoms with Gasteiger partial charge >= 0.3 is 6.03 Å². The molecule has 0 bridgehead atoms. The summed E-state index contributed by atoms with van der Waals surface area (Å²) in [6.07, 6.45) is 2.75. The minimum Gasteiger partial charge on any atom is -0.370 e. The zero-order valence-corrected chi connectivity index (χ0v) is 17.4. The van der Waals surface area contributed by atoms with E-state index in [2.05, 4.69) is 10.2 Å². The van der Waals surface area contributed by atoms with E-state index in [4.69, 9.17) is 0 Å². The van der Waals surface area contributed by atoms with Crippen LogP contribution >= 0.6 is 0 Å². The second-order valence-corrected chi connectivity index (χ2v) is 10.3. The van der Waals surface area contributed by atoms with Gasteiger partial charge in [-0.2, -0.15) is 0 Å². The quantitative estimate of drug-likeness (QED) is 0.798. The Balaban J connectivity index is 1.32. The van der Waals surface area contributed by atoms with Crippen LogP contribution < -0.4 is 10.2 Å². The maximum absolute atomic E-state index is 12.8. The number of urea groups is 1. The molecule has 1 atom stereocenters. The molecule has 1 aromatic rings. The third-order valence-electron chi connectivity index (χ3n) is 6.05. The van der Waals surface area contributed by atoms with Crippen LogP contribution in [0.1, 0.15) is 19.3 Å². The first kappa shape index (κ1) is 20.0. The van der Waals surface area contributed by atoms with Gasteiger partial charge in [-0.15, -0.1) is 0 Å². The van der Waals surface area contributed by atoms with Crippen molar-refractivity contribution in [1.29, 1.82) is 0 Å². The number of nitrogens with one attached hydrogen (secondary N) is 1. The molecular weight excluding hydrogens is 392 g/mol. The lowest BCUT2D eigenvalue weighted by atomic mass is 10.1. The molecule has 0 saturated carbocycles. The molecule has 0 aliphatic carbocycles. The van der Waals surface area contributed by atoms with Crippen molar-refractivity contribution >= 4 is 33.2 Å². The van der Waals surface area contributed by atoms with Crippen molar-refractivity contribution < 1.29 is 18.0 Å². The molecule has 3 saturated heterocycles. The summed E-state index contributed by atoms with van der Waals surface area (Å²) in [5.74, 6) is -0.458. The average Bonchev–Trinajstić information content (AvgIpc) is 3.37. The van der Waals surface area contributed by atoms with Gasteiger partial charge in [0.1, 0.15) is 0 Å². The largest absolute Gasteiger partial charge is 0.370 e. The average molecular weight is 421 g/mol. The van der Waals surface area contributed by atoms with Crippen LogP contribution in [0.4, 0.5) is 16.2 Å². The molecule has 3 amide bonds. The Kier molecular flexibility index (Phi) is 5.67. The van der Waals surface area contributed by atoms with Crippen LogP contribution in [0.3, 0.4) is 0 Å². The maximum atomic E-state index is 12.8. The van der Waals surface area contributed by atoms with Crippen molar-refractivity contribution in [1.82, 2.24) is 9.80 Å². The van der Waals surface area contributed by atoms with Gasteiger partial charge in [-0.3, -0.25) is 4.79 Å². The van der Waals surface area contributed by atoms with E-state index in [-0.39, 0.29) is 23.4 Å². The molecule has 3 aliphatic heterocycles. The fourth-order valence-corrected chi connectivity index (χ4v) is 6.12. The lowest BCUT2D eigenvalue weighted by Crippen LogP contribution is -2.53. The summed E-state index contributed by atoms with van der Waals surface area (Å²) in [6.45, 7) is 3.79. The van der Waals surface area contributed by atoms with Gasteiger partial charge in [0.2, 0.25) is 5.91 Å². The maximum Gasteiger partial charge on any atom is 0.322 e. The lowest BCUT2D eigenvalue weighted by Gasteiger charge is -2.36. The van der Waals surface area contributed by atoms with Crippen molar-refractivity contribution in [2.24, 2.45) is 5.92 Å². The highest BCUT2D eigenvalue weighted by Crippen LogP contribution is 2.29. The Morgan fingerprint density at radius 3 is 2.24 bits per heavy atom. The van der Waals surface area contributed by atoms with Crippen LogP contribution in [-0.2, 0) is 14.6 Å². The van der Waals surface area contributed by atoms with E-state index >= 15 is 0 Å². The first-order valence-electron chi connectivity index (χ1n) is 10.3. The van der Waals surface area contributed by atoms with Gasteiger partial charge in [-0.1, -0.05) is 12.1 Å². The highest BCUT2D eigenvalue weighted by Gasteiger charge is 2.36. The van der Waals surface area contributed by atoms with E-state index in [0.29, 0.717) is 32.6 Å². The molecule has 4 rings (SSSR count). The molecule has 29 heavy (non-hydrogen) atoms. The number of hydrogen-bond donors (Lipinski definition) is 1. The predicted octanol–water partition coefficient (Wildman–Crippen LogP) is 1.40. The SMILES string of the molecule is O=C(Nc1ccccc1N1CCCC1)N1CCN(C(=O)[C@H]2CCS(=O)(=O)C2)CC1. The van der Waals surface area contributed by atoms with Crippen LogP contribution in [-0.4, -0.2) is 80.9 Å².